The lowest BCUT2D eigenvalue weighted by molar-refractivity contribution is -0.147. The monoisotopic (exact) mass is 334 g/mol. The van der Waals surface area contributed by atoms with E-state index < -0.39 is 5.92 Å². The normalized spacial score (nSPS) is 21.2. The molecule has 0 bridgehead atoms. The second-order valence-corrected chi connectivity index (χ2v) is 6.34. The van der Waals surface area contributed by atoms with Gasteiger partial charge < -0.3 is 14.5 Å². The number of benzene rings is 1. The maximum absolute atomic E-state index is 14.5. The summed E-state index contributed by atoms with van der Waals surface area (Å²) >= 11 is 0. The molecular formula is C18H23FN2O3. The third kappa shape index (κ3) is 3.37. The van der Waals surface area contributed by atoms with E-state index in [0.717, 1.165) is 25.9 Å². The Hall–Kier alpha value is -2.11. The van der Waals surface area contributed by atoms with Crippen molar-refractivity contribution in [2.75, 3.05) is 36.0 Å². The molecule has 1 atom stereocenters. The fourth-order valence-electron chi connectivity index (χ4n) is 3.43. The van der Waals surface area contributed by atoms with E-state index in [-0.39, 0.29) is 30.7 Å². The molecule has 1 unspecified atom stereocenters. The molecule has 2 saturated heterocycles. The van der Waals surface area contributed by atoms with Crippen LogP contribution in [0.5, 0.6) is 0 Å². The van der Waals surface area contributed by atoms with E-state index in [2.05, 4.69) is 4.90 Å². The number of ether oxygens (including phenoxy) is 1. The molecule has 0 saturated carbocycles. The summed E-state index contributed by atoms with van der Waals surface area (Å²) in [6.45, 7) is 4.01. The van der Waals surface area contributed by atoms with Crippen molar-refractivity contribution in [1.29, 1.82) is 0 Å². The molecule has 0 aliphatic carbocycles. The number of anilines is 2. The summed E-state index contributed by atoms with van der Waals surface area (Å²) < 4.78 is 19.5. The number of amides is 1. The highest BCUT2D eigenvalue weighted by Gasteiger charge is 2.36. The Balaban J connectivity index is 1.74. The molecule has 1 aromatic rings. The first kappa shape index (κ1) is 16.7. The highest BCUT2D eigenvalue weighted by Crippen LogP contribution is 2.31. The lowest BCUT2D eigenvalue weighted by Crippen LogP contribution is -2.30. The molecule has 2 heterocycles. The maximum atomic E-state index is 14.5. The molecule has 6 heteroatoms. The zero-order chi connectivity index (χ0) is 17.1. The quantitative estimate of drug-likeness (QED) is 0.795. The zero-order valence-corrected chi connectivity index (χ0v) is 14.0. The number of piperidine rings is 1. The van der Waals surface area contributed by atoms with Crippen molar-refractivity contribution in [2.45, 2.75) is 32.6 Å². The molecule has 2 fully saturated rings. The second-order valence-electron chi connectivity index (χ2n) is 6.34. The summed E-state index contributed by atoms with van der Waals surface area (Å²) in [6, 6.07) is 4.90. The van der Waals surface area contributed by atoms with Gasteiger partial charge in [-0.25, -0.2) is 4.39 Å². The maximum Gasteiger partial charge on any atom is 0.311 e. The van der Waals surface area contributed by atoms with Crippen molar-refractivity contribution in [3.63, 3.8) is 0 Å². The Morgan fingerprint density at radius 2 is 2.04 bits per heavy atom. The summed E-state index contributed by atoms with van der Waals surface area (Å²) in [5.41, 5.74) is 1.09. The van der Waals surface area contributed by atoms with Gasteiger partial charge in [0.05, 0.1) is 18.2 Å². The Kier molecular flexibility index (Phi) is 5.02. The average molecular weight is 334 g/mol. The van der Waals surface area contributed by atoms with E-state index in [9.17, 15) is 14.0 Å². The van der Waals surface area contributed by atoms with Gasteiger partial charge in [0, 0.05) is 31.7 Å². The summed E-state index contributed by atoms with van der Waals surface area (Å²) in [5.74, 6) is -1.32. The van der Waals surface area contributed by atoms with Gasteiger partial charge >= 0.3 is 5.97 Å². The van der Waals surface area contributed by atoms with Crippen LogP contribution in [0.2, 0.25) is 0 Å². The Morgan fingerprint density at radius 1 is 1.29 bits per heavy atom. The molecule has 1 aromatic carbocycles. The van der Waals surface area contributed by atoms with Gasteiger partial charge in [0.1, 0.15) is 5.82 Å². The molecular weight excluding hydrogens is 311 g/mol. The first-order valence-electron chi connectivity index (χ1n) is 8.61. The van der Waals surface area contributed by atoms with Crippen LogP contribution in [0.3, 0.4) is 0 Å². The molecule has 130 valence electrons. The number of rotatable bonds is 4. The Labute approximate surface area is 141 Å². The fraction of sp³-hybridized carbons (Fsp3) is 0.556. The summed E-state index contributed by atoms with van der Waals surface area (Å²) in [6.07, 6.45) is 3.46. The van der Waals surface area contributed by atoms with E-state index in [1.807, 2.05) is 0 Å². The molecule has 0 radical (unpaired) electrons. The van der Waals surface area contributed by atoms with Crippen LogP contribution in [0.1, 0.15) is 32.6 Å². The van der Waals surface area contributed by atoms with Crippen LogP contribution in [0.25, 0.3) is 0 Å². The number of carbonyl (C=O) groups excluding carboxylic acids is 2. The largest absolute Gasteiger partial charge is 0.466 e. The number of esters is 1. The predicted octanol–water partition coefficient (Wildman–Crippen LogP) is 2.73. The average Bonchev–Trinajstić information content (AvgIpc) is 2.98. The third-order valence-electron chi connectivity index (χ3n) is 4.68. The first-order chi connectivity index (χ1) is 11.6. The second kappa shape index (κ2) is 7.20. The lowest BCUT2D eigenvalue weighted by Gasteiger charge is -2.29. The first-order valence-corrected chi connectivity index (χ1v) is 8.61. The van der Waals surface area contributed by atoms with E-state index in [4.69, 9.17) is 4.74 Å². The molecule has 24 heavy (non-hydrogen) atoms. The molecule has 5 nitrogen and oxygen atoms in total. The summed E-state index contributed by atoms with van der Waals surface area (Å²) in [7, 11) is 0. The van der Waals surface area contributed by atoms with Crippen molar-refractivity contribution >= 4 is 23.3 Å². The zero-order valence-electron chi connectivity index (χ0n) is 14.0. The van der Waals surface area contributed by atoms with Gasteiger partial charge in [-0.3, -0.25) is 9.59 Å². The molecule has 0 aromatic heterocycles. The summed E-state index contributed by atoms with van der Waals surface area (Å²) in [5, 5.41) is 0. The molecule has 2 aliphatic heterocycles. The van der Waals surface area contributed by atoms with Crippen LogP contribution >= 0.6 is 0 Å². The molecule has 1 amide bonds. The number of nitrogens with zero attached hydrogens (tertiary/aromatic N) is 2. The van der Waals surface area contributed by atoms with Crippen LogP contribution in [0, 0.1) is 11.7 Å². The van der Waals surface area contributed by atoms with Crippen molar-refractivity contribution < 1.29 is 18.7 Å². The van der Waals surface area contributed by atoms with E-state index >= 15 is 0 Å². The molecule has 2 aliphatic rings. The SMILES string of the molecule is CCOC(=O)C1CC(=O)N(c2ccc(N3CCCCC3)c(F)c2)C1. The van der Waals surface area contributed by atoms with Gasteiger partial charge in [-0.05, 0) is 44.4 Å². The van der Waals surface area contributed by atoms with Crippen molar-refractivity contribution in [1.82, 2.24) is 0 Å². The van der Waals surface area contributed by atoms with Crippen LogP contribution in [0.15, 0.2) is 18.2 Å². The van der Waals surface area contributed by atoms with Crippen molar-refractivity contribution in [3.05, 3.63) is 24.0 Å². The van der Waals surface area contributed by atoms with Gasteiger partial charge in [0.2, 0.25) is 5.91 Å². The molecule has 0 spiro atoms. The topological polar surface area (TPSA) is 49.9 Å². The Bertz CT molecular complexity index is 629. The minimum Gasteiger partial charge on any atom is -0.466 e. The number of hydrogen-bond acceptors (Lipinski definition) is 4. The van der Waals surface area contributed by atoms with E-state index in [1.54, 1.807) is 19.1 Å². The van der Waals surface area contributed by atoms with Crippen molar-refractivity contribution in [3.8, 4) is 0 Å². The number of carbonyl (C=O) groups is 2. The predicted molar refractivity (Wildman–Crippen MR) is 89.6 cm³/mol. The fourth-order valence-corrected chi connectivity index (χ4v) is 3.43. The van der Waals surface area contributed by atoms with E-state index in [1.165, 1.54) is 17.4 Å². The third-order valence-corrected chi connectivity index (χ3v) is 4.68. The minimum absolute atomic E-state index is 0.119. The van der Waals surface area contributed by atoms with Crippen LogP contribution in [-0.4, -0.2) is 38.1 Å². The number of halogens is 1. The van der Waals surface area contributed by atoms with Gasteiger partial charge in [-0.15, -0.1) is 0 Å². The van der Waals surface area contributed by atoms with Gasteiger partial charge in [-0.2, -0.15) is 0 Å². The Morgan fingerprint density at radius 3 is 2.71 bits per heavy atom. The molecule has 0 N–H and O–H groups in total. The van der Waals surface area contributed by atoms with Gasteiger partial charge in [0.15, 0.2) is 0 Å². The van der Waals surface area contributed by atoms with Crippen molar-refractivity contribution in [2.24, 2.45) is 5.92 Å². The van der Waals surface area contributed by atoms with Crippen LogP contribution in [0.4, 0.5) is 15.8 Å². The van der Waals surface area contributed by atoms with Crippen LogP contribution < -0.4 is 9.80 Å². The lowest BCUT2D eigenvalue weighted by atomic mass is 10.1. The van der Waals surface area contributed by atoms with Gasteiger partial charge in [-0.1, -0.05) is 0 Å². The van der Waals surface area contributed by atoms with Gasteiger partial charge in [0.25, 0.3) is 0 Å². The minimum atomic E-state index is -0.470. The van der Waals surface area contributed by atoms with E-state index in [0.29, 0.717) is 18.0 Å². The van der Waals surface area contributed by atoms with Crippen LogP contribution in [-0.2, 0) is 14.3 Å². The molecule has 3 rings (SSSR count). The number of hydrogen-bond donors (Lipinski definition) is 0. The highest BCUT2D eigenvalue weighted by atomic mass is 19.1. The highest BCUT2D eigenvalue weighted by molar-refractivity contribution is 5.99. The standard InChI is InChI=1S/C18H23FN2O3/c1-2-24-18(23)13-10-17(22)21(12-13)14-6-7-16(15(19)11-14)20-8-4-3-5-9-20/h6-7,11,13H,2-5,8-10,12H2,1H3. The smallest absolute Gasteiger partial charge is 0.311 e. The summed E-state index contributed by atoms with van der Waals surface area (Å²) in [4.78, 5) is 27.5.